The molecule has 0 unspecified atom stereocenters. The number of aliphatic hydroxyl groups excluding tert-OH is 2. The lowest BCUT2D eigenvalue weighted by Crippen LogP contribution is -2.29. The maximum Gasteiger partial charge on any atom is 0.466 e. The van der Waals surface area contributed by atoms with Gasteiger partial charge >= 0.3 is 23.5 Å². The van der Waals surface area contributed by atoms with Crippen molar-refractivity contribution >= 4 is 63.0 Å². The molecule has 1 saturated heterocycles. The summed E-state index contributed by atoms with van der Waals surface area (Å²) in [5.74, 6) is 0.297. The number of fused-ring (bicyclic) bond motifs is 1. The number of nitrogens with zero attached hydrogens (tertiary/aromatic N) is 4. The van der Waals surface area contributed by atoms with Gasteiger partial charge in [-0.2, -0.15) is 0 Å². The van der Waals surface area contributed by atoms with Gasteiger partial charge in [0.15, 0.2) is 17.7 Å². The first-order valence-electron chi connectivity index (χ1n) is 7.99. The number of anilines is 1. The Morgan fingerprint density at radius 3 is 1.76 bits per heavy atom. The first-order valence-corrected chi connectivity index (χ1v) is 13.9. The molecule has 24 heteroatoms. The number of ether oxygens (including phenoxy) is 1. The van der Waals surface area contributed by atoms with E-state index in [1.165, 1.54) is 6.33 Å². The summed E-state index contributed by atoms with van der Waals surface area (Å²) < 4.78 is 33.8. The second-order valence-corrected chi connectivity index (χ2v) is 10.3. The fraction of sp³-hybridized carbons (Fsp3) is 0.500. The fourth-order valence-corrected chi connectivity index (χ4v) is 3.11. The van der Waals surface area contributed by atoms with Gasteiger partial charge in [0.2, 0.25) is 0 Å². The van der Waals surface area contributed by atoms with Crippen LogP contribution in [-0.2, 0) is 18.4 Å². The van der Waals surface area contributed by atoms with Crippen LogP contribution < -0.4 is 5.73 Å². The molecular weight excluding hydrogens is 650 g/mol. The number of hydrogen-bond acceptors (Lipinski definition) is 10. The van der Waals surface area contributed by atoms with Gasteiger partial charge < -0.3 is 64.7 Å². The first kappa shape index (κ1) is 33.3. The quantitative estimate of drug-likeness (QED) is 0.0844. The number of halogens is 1. The molecule has 0 spiro atoms. The molecule has 13 N–H and O–H groups in total. The fourth-order valence-electron chi connectivity index (χ4n) is 2.13. The van der Waals surface area contributed by atoms with Crippen LogP contribution in [0.2, 0.25) is 0 Å². The molecule has 4 atom stereocenters. The van der Waals surface area contributed by atoms with Crippen molar-refractivity contribution in [1.82, 2.24) is 19.5 Å². The van der Waals surface area contributed by atoms with Crippen LogP contribution in [0.25, 0.3) is 11.2 Å². The Morgan fingerprint density at radius 1 is 0.941 bits per heavy atom. The van der Waals surface area contributed by atoms with Crippen LogP contribution in [0.15, 0.2) is 12.7 Å². The number of nitrogens with two attached hydrogens (primary N) is 1. The van der Waals surface area contributed by atoms with E-state index in [-0.39, 0.29) is 10.5 Å². The highest BCUT2D eigenvalue weighted by molar-refractivity contribution is 14.1. The molecule has 3 heterocycles. The van der Waals surface area contributed by atoms with Crippen LogP contribution in [0.1, 0.15) is 6.23 Å². The molecule has 0 amide bonds. The molecular formula is C10H21IN5O15P3. The topological polar surface area (TPSA) is 353 Å². The van der Waals surface area contributed by atoms with Gasteiger partial charge in [0, 0.05) is 0 Å². The summed E-state index contributed by atoms with van der Waals surface area (Å²) in [6.45, 7) is -0.235. The van der Waals surface area contributed by atoms with Gasteiger partial charge in [-0.3, -0.25) is 4.57 Å². The standard InChI is InChI=1S/C10H12IN5O3.3H3O4P/c11-5-7(18)4(1-17)19-10(5)16-3-15-6-8(12)13-2-14-9(6)16;3*1-5(2,3)4/h2-5,7,10,17-18H,1H2,(H2,12,13,14);3*(H3,1,2,3,4)/t4-,5+,7-,10-;;;/m1.../s1. The van der Waals surface area contributed by atoms with Crippen LogP contribution in [0, 0.1) is 0 Å². The maximum atomic E-state index is 9.97. The first-order chi connectivity index (χ1) is 15.1. The monoisotopic (exact) mass is 671 g/mol. The predicted molar refractivity (Wildman–Crippen MR) is 117 cm³/mol. The molecule has 20 nitrogen and oxygen atoms in total. The molecule has 0 saturated carbocycles. The minimum atomic E-state index is -4.64. The molecule has 0 aliphatic carbocycles. The molecule has 0 aromatic carbocycles. The number of alkyl halides is 1. The van der Waals surface area contributed by atoms with E-state index in [4.69, 9.17) is 73.3 Å². The highest BCUT2D eigenvalue weighted by atomic mass is 127. The number of aromatic nitrogens is 4. The van der Waals surface area contributed by atoms with Crippen LogP contribution in [-0.4, -0.2) is 96.5 Å². The third-order valence-electron chi connectivity index (χ3n) is 3.13. The van der Waals surface area contributed by atoms with Gasteiger partial charge in [-0.05, 0) is 0 Å². The van der Waals surface area contributed by atoms with E-state index in [0.29, 0.717) is 17.0 Å². The highest BCUT2D eigenvalue weighted by Gasteiger charge is 2.43. The van der Waals surface area contributed by atoms with Crippen molar-refractivity contribution in [3.05, 3.63) is 12.7 Å². The molecule has 2 aromatic heterocycles. The third kappa shape index (κ3) is 14.6. The molecule has 0 bridgehead atoms. The maximum absolute atomic E-state index is 9.97. The largest absolute Gasteiger partial charge is 0.466 e. The minimum absolute atomic E-state index is 0.219. The van der Waals surface area contributed by atoms with Gasteiger partial charge in [-0.25, -0.2) is 28.6 Å². The predicted octanol–water partition coefficient (Wildman–Crippen LogP) is -3.32. The third-order valence-corrected chi connectivity index (χ3v) is 4.49. The van der Waals surface area contributed by atoms with E-state index in [1.807, 2.05) is 0 Å². The van der Waals surface area contributed by atoms with Crippen molar-refractivity contribution in [2.24, 2.45) is 0 Å². The van der Waals surface area contributed by atoms with E-state index in [0.717, 1.165) is 0 Å². The Kier molecular flexibility index (Phi) is 13.3. The van der Waals surface area contributed by atoms with E-state index < -0.39 is 41.9 Å². The Morgan fingerprint density at radius 2 is 1.38 bits per heavy atom. The van der Waals surface area contributed by atoms with E-state index in [9.17, 15) is 5.11 Å². The van der Waals surface area contributed by atoms with Crippen molar-refractivity contribution in [2.75, 3.05) is 12.3 Å². The zero-order valence-electron chi connectivity index (χ0n) is 16.3. The van der Waals surface area contributed by atoms with Crippen LogP contribution in [0.4, 0.5) is 5.82 Å². The van der Waals surface area contributed by atoms with E-state index >= 15 is 0 Å². The summed E-state index contributed by atoms with van der Waals surface area (Å²) in [5, 5.41) is 19.1. The molecule has 2 aromatic rings. The zero-order valence-corrected chi connectivity index (χ0v) is 21.2. The number of aliphatic hydroxyl groups is 2. The Hall–Kier alpha value is -0.710. The van der Waals surface area contributed by atoms with Gasteiger partial charge in [-0.1, -0.05) is 22.6 Å². The van der Waals surface area contributed by atoms with Gasteiger partial charge in [0.05, 0.1) is 23.0 Å². The second kappa shape index (κ2) is 13.6. The Balaban J connectivity index is 0.000000599. The number of hydrogen-bond donors (Lipinski definition) is 12. The highest BCUT2D eigenvalue weighted by Crippen LogP contribution is 2.36. The lowest BCUT2D eigenvalue weighted by Gasteiger charge is -2.16. The number of nitrogen functional groups attached to an aromatic ring is 1. The molecule has 198 valence electrons. The molecule has 0 radical (unpaired) electrons. The van der Waals surface area contributed by atoms with Crippen LogP contribution in [0.5, 0.6) is 0 Å². The SMILES string of the molecule is Nc1ncnc2c1ncn2[C@@H]1O[C@H](CO)[C@@H](O)[C@@H]1I.O=P(O)(O)O.O=P(O)(O)O.O=P(O)(O)O. The van der Waals surface area contributed by atoms with Crippen LogP contribution in [0.3, 0.4) is 0 Å². The normalized spacial score (nSPS) is 22.6. The summed E-state index contributed by atoms with van der Waals surface area (Å²) in [6, 6.07) is 0. The summed E-state index contributed by atoms with van der Waals surface area (Å²) in [6.07, 6.45) is 1.11. The molecule has 1 aliphatic rings. The summed E-state index contributed by atoms with van der Waals surface area (Å²) in [7, 11) is -13.9. The van der Waals surface area contributed by atoms with E-state index in [2.05, 4.69) is 37.5 Å². The number of phosphoric acid groups is 3. The van der Waals surface area contributed by atoms with Gasteiger partial charge in [0.25, 0.3) is 0 Å². The molecule has 3 rings (SSSR count). The lowest BCUT2D eigenvalue weighted by molar-refractivity contribution is -0.0429. The van der Waals surface area contributed by atoms with Crippen molar-refractivity contribution in [3.8, 4) is 0 Å². The number of rotatable bonds is 2. The summed E-state index contributed by atoms with van der Waals surface area (Å²) in [4.78, 5) is 76.9. The van der Waals surface area contributed by atoms with Crippen molar-refractivity contribution in [1.29, 1.82) is 0 Å². The minimum Gasteiger partial charge on any atom is -0.394 e. The van der Waals surface area contributed by atoms with Gasteiger partial charge in [-0.15, -0.1) is 0 Å². The molecule has 34 heavy (non-hydrogen) atoms. The van der Waals surface area contributed by atoms with E-state index in [1.54, 1.807) is 10.9 Å². The average molecular weight is 671 g/mol. The number of imidazole rings is 1. The second-order valence-electron chi connectivity index (χ2n) is 5.81. The molecule has 1 aliphatic heterocycles. The van der Waals surface area contributed by atoms with Crippen molar-refractivity contribution in [3.63, 3.8) is 0 Å². The smallest absolute Gasteiger partial charge is 0.394 e. The zero-order chi connectivity index (χ0) is 27.1. The van der Waals surface area contributed by atoms with Crippen molar-refractivity contribution in [2.45, 2.75) is 22.4 Å². The summed E-state index contributed by atoms with van der Waals surface area (Å²) in [5.41, 5.74) is 6.77. The Labute approximate surface area is 202 Å². The Bertz CT molecular complexity index is 982. The molecule has 1 fully saturated rings. The van der Waals surface area contributed by atoms with Crippen LogP contribution >= 0.6 is 46.1 Å². The average Bonchev–Trinajstić information content (AvgIpc) is 3.13. The lowest BCUT2D eigenvalue weighted by atomic mass is 10.2. The van der Waals surface area contributed by atoms with Gasteiger partial charge in [0.1, 0.15) is 17.9 Å². The van der Waals surface area contributed by atoms with Crippen molar-refractivity contribution < 1.29 is 72.7 Å². The summed E-state index contributed by atoms with van der Waals surface area (Å²) >= 11 is 2.09.